The Morgan fingerprint density at radius 1 is 1.53 bits per heavy atom. The van der Waals surface area contributed by atoms with Gasteiger partial charge in [-0.3, -0.25) is 9.10 Å². The summed E-state index contributed by atoms with van der Waals surface area (Å²) in [5.74, 6) is -0.426. The van der Waals surface area contributed by atoms with E-state index in [1.807, 2.05) is 0 Å². The zero-order chi connectivity index (χ0) is 13.7. The predicted molar refractivity (Wildman–Crippen MR) is 72.9 cm³/mol. The largest absolute Gasteiger partial charge is 0.465 e. The van der Waals surface area contributed by atoms with Crippen LogP contribution in [0.25, 0.3) is 10.9 Å². The summed E-state index contributed by atoms with van der Waals surface area (Å²) >= 11 is 4.08. The third-order valence-corrected chi connectivity index (χ3v) is 3.55. The number of benzene rings is 1. The normalized spacial score (nSPS) is 14.0. The van der Waals surface area contributed by atoms with Crippen molar-refractivity contribution in [3.05, 3.63) is 28.8 Å². The van der Waals surface area contributed by atoms with Gasteiger partial charge < -0.3 is 15.5 Å². The van der Waals surface area contributed by atoms with Crippen molar-refractivity contribution in [1.82, 2.24) is 9.29 Å². The zero-order valence-electron chi connectivity index (χ0n) is 10.1. The van der Waals surface area contributed by atoms with Crippen LogP contribution in [0.4, 0.5) is 5.82 Å². The third kappa shape index (κ3) is 1.58. The van der Waals surface area contributed by atoms with E-state index in [0.717, 1.165) is 5.56 Å². The predicted octanol–water partition coefficient (Wildman–Crippen LogP) is 1.34. The minimum Gasteiger partial charge on any atom is -0.465 e. The molecule has 0 unspecified atom stereocenters. The molecule has 1 aliphatic rings. The van der Waals surface area contributed by atoms with Crippen molar-refractivity contribution < 1.29 is 14.3 Å². The highest BCUT2D eigenvalue weighted by Gasteiger charge is 2.28. The molecule has 2 aromatic rings. The van der Waals surface area contributed by atoms with Crippen molar-refractivity contribution in [2.75, 3.05) is 12.8 Å². The zero-order valence-corrected chi connectivity index (χ0v) is 11.0. The van der Waals surface area contributed by atoms with Gasteiger partial charge in [0, 0.05) is 16.5 Å². The first kappa shape index (κ1) is 11.9. The third-order valence-electron chi connectivity index (χ3n) is 3.23. The molecular formula is C12H11N3O3S. The van der Waals surface area contributed by atoms with Crippen molar-refractivity contribution >= 4 is 41.4 Å². The molecule has 6 nitrogen and oxygen atoms in total. The highest BCUT2D eigenvalue weighted by atomic mass is 32.1. The maximum atomic E-state index is 11.8. The average Bonchev–Trinajstić information content (AvgIpc) is 2.84. The maximum absolute atomic E-state index is 11.8. The molecule has 98 valence electrons. The lowest BCUT2D eigenvalue weighted by molar-refractivity contribution is 0.0604. The number of hydrogen-bond acceptors (Lipinski definition) is 5. The quantitative estimate of drug-likeness (QED) is 0.542. The monoisotopic (exact) mass is 277 g/mol. The molecule has 0 atom stereocenters. The summed E-state index contributed by atoms with van der Waals surface area (Å²) in [5, 5.41) is 0.652. The lowest BCUT2D eigenvalue weighted by Crippen LogP contribution is -2.11. The number of carbonyl (C=O) groups is 2. The number of esters is 1. The number of rotatable bonds is 1. The van der Waals surface area contributed by atoms with Gasteiger partial charge in [0.25, 0.3) is 5.91 Å². The SMILES string of the molecule is COC(=O)c1c(N)[nH]c2cc3c(cc12)CN(S)C3=O. The summed E-state index contributed by atoms with van der Waals surface area (Å²) in [5.41, 5.74) is 8.10. The van der Waals surface area contributed by atoms with Gasteiger partial charge in [0.05, 0.1) is 13.7 Å². The first-order valence-corrected chi connectivity index (χ1v) is 5.96. The number of nitrogens with zero attached hydrogens (tertiary/aromatic N) is 1. The van der Waals surface area contributed by atoms with Crippen molar-refractivity contribution in [2.45, 2.75) is 6.54 Å². The molecule has 1 aliphatic heterocycles. The van der Waals surface area contributed by atoms with Crippen LogP contribution in [0.5, 0.6) is 0 Å². The molecule has 0 spiro atoms. The topological polar surface area (TPSA) is 88.4 Å². The second-order valence-corrected chi connectivity index (χ2v) is 4.81. The Bertz CT molecular complexity index is 723. The molecule has 1 aromatic heterocycles. The number of hydrogen-bond donors (Lipinski definition) is 3. The van der Waals surface area contributed by atoms with Crippen LogP contribution >= 0.6 is 12.8 Å². The van der Waals surface area contributed by atoms with Gasteiger partial charge in [-0.25, -0.2) is 4.79 Å². The number of H-pyrrole nitrogens is 1. The molecule has 7 heteroatoms. The number of thiol groups is 1. The number of ether oxygens (including phenoxy) is 1. The molecule has 19 heavy (non-hydrogen) atoms. The molecule has 0 fully saturated rings. The molecule has 0 aliphatic carbocycles. The van der Waals surface area contributed by atoms with E-state index >= 15 is 0 Å². The van der Waals surface area contributed by atoms with Crippen LogP contribution in [0, 0.1) is 0 Å². The fraction of sp³-hybridized carbons (Fsp3) is 0.167. The van der Waals surface area contributed by atoms with E-state index < -0.39 is 5.97 Å². The van der Waals surface area contributed by atoms with E-state index in [2.05, 4.69) is 17.8 Å². The minimum absolute atomic E-state index is 0.159. The maximum Gasteiger partial charge on any atom is 0.342 e. The second kappa shape index (κ2) is 3.92. The number of nitrogen functional groups attached to an aromatic ring is 1. The lowest BCUT2D eigenvalue weighted by Gasteiger charge is -2.02. The summed E-state index contributed by atoms with van der Waals surface area (Å²) in [7, 11) is 1.30. The molecule has 0 bridgehead atoms. The minimum atomic E-state index is -0.504. The number of aromatic amines is 1. The Labute approximate surface area is 114 Å². The molecular weight excluding hydrogens is 266 g/mol. The van der Waals surface area contributed by atoms with Crippen molar-refractivity contribution in [2.24, 2.45) is 0 Å². The molecule has 0 radical (unpaired) electrons. The number of anilines is 1. The molecule has 0 saturated heterocycles. The number of fused-ring (bicyclic) bond motifs is 2. The van der Waals surface area contributed by atoms with Crippen LogP contribution in [-0.2, 0) is 11.3 Å². The Balaban J connectivity index is 2.28. The van der Waals surface area contributed by atoms with Gasteiger partial charge in [0.2, 0.25) is 0 Å². The summed E-state index contributed by atoms with van der Waals surface area (Å²) < 4.78 is 6.04. The summed E-state index contributed by atoms with van der Waals surface area (Å²) in [6.45, 7) is 0.402. The number of nitrogens with one attached hydrogen (secondary N) is 1. The first-order chi connectivity index (χ1) is 9.02. The van der Waals surface area contributed by atoms with E-state index in [-0.39, 0.29) is 11.7 Å². The number of carbonyl (C=O) groups excluding carboxylic acids is 2. The van der Waals surface area contributed by atoms with Gasteiger partial charge in [0.1, 0.15) is 11.4 Å². The van der Waals surface area contributed by atoms with Crippen molar-refractivity contribution in [1.29, 1.82) is 0 Å². The van der Waals surface area contributed by atoms with E-state index in [1.54, 1.807) is 12.1 Å². The fourth-order valence-electron chi connectivity index (χ4n) is 2.33. The molecule has 3 N–H and O–H groups in total. The van der Waals surface area contributed by atoms with Crippen LogP contribution in [-0.4, -0.2) is 28.3 Å². The highest BCUT2D eigenvalue weighted by Crippen LogP contribution is 2.32. The van der Waals surface area contributed by atoms with Crippen LogP contribution in [0.1, 0.15) is 26.3 Å². The summed E-state index contributed by atoms with van der Waals surface area (Å²) in [6.07, 6.45) is 0. The van der Waals surface area contributed by atoms with E-state index in [0.29, 0.717) is 28.6 Å². The van der Waals surface area contributed by atoms with Crippen LogP contribution in [0.3, 0.4) is 0 Å². The number of nitrogens with two attached hydrogens (primary N) is 1. The molecule has 1 aromatic carbocycles. The average molecular weight is 277 g/mol. The van der Waals surface area contributed by atoms with Crippen LogP contribution < -0.4 is 5.73 Å². The summed E-state index contributed by atoms with van der Waals surface area (Å²) in [4.78, 5) is 26.4. The van der Waals surface area contributed by atoms with Crippen LogP contribution in [0.2, 0.25) is 0 Å². The van der Waals surface area contributed by atoms with E-state index in [1.165, 1.54) is 11.4 Å². The molecule has 0 saturated carbocycles. The Hall–Kier alpha value is -2.15. The fourth-order valence-corrected chi connectivity index (χ4v) is 2.59. The van der Waals surface area contributed by atoms with E-state index in [4.69, 9.17) is 10.5 Å². The van der Waals surface area contributed by atoms with Crippen molar-refractivity contribution in [3.8, 4) is 0 Å². The standard InChI is InChI=1S/C12H11N3O3S/c1-18-12(17)9-7-2-5-4-15(19)11(16)6(5)3-8(7)14-10(9)13/h2-3,14,19H,4,13H2,1H3. The van der Waals surface area contributed by atoms with E-state index in [9.17, 15) is 9.59 Å². The second-order valence-electron chi connectivity index (χ2n) is 4.32. The molecule has 3 rings (SSSR count). The number of aromatic nitrogens is 1. The Kier molecular flexibility index (Phi) is 2.46. The van der Waals surface area contributed by atoms with Gasteiger partial charge in [-0.05, 0) is 17.7 Å². The molecule has 2 heterocycles. The smallest absolute Gasteiger partial charge is 0.342 e. The van der Waals surface area contributed by atoms with Crippen LogP contribution in [0.15, 0.2) is 12.1 Å². The van der Waals surface area contributed by atoms with Gasteiger partial charge in [-0.1, -0.05) is 12.8 Å². The van der Waals surface area contributed by atoms with Gasteiger partial charge in [0.15, 0.2) is 0 Å². The number of amides is 1. The van der Waals surface area contributed by atoms with Gasteiger partial charge in [-0.15, -0.1) is 0 Å². The lowest BCUT2D eigenvalue weighted by atomic mass is 10.0. The van der Waals surface area contributed by atoms with Gasteiger partial charge in [-0.2, -0.15) is 0 Å². The highest BCUT2D eigenvalue weighted by molar-refractivity contribution is 7.78. The van der Waals surface area contributed by atoms with Crippen molar-refractivity contribution in [3.63, 3.8) is 0 Å². The Morgan fingerprint density at radius 2 is 2.26 bits per heavy atom. The molecule has 1 amide bonds. The van der Waals surface area contributed by atoms with Gasteiger partial charge >= 0.3 is 5.97 Å². The first-order valence-electron chi connectivity index (χ1n) is 5.56. The number of methoxy groups -OCH3 is 1. The summed E-state index contributed by atoms with van der Waals surface area (Å²) in [6, 6.07) is 3.46. The Morgan fingerprint density at radius 3 is 2.95 bits per heavy atom.